The number of rotatable bonds is 13. The average Bonchev–Trinajstić information content (AvgIpc) is 3.09. The van der Waals surface area contributed by atoms with Gasteiger partial charge in [0, 0.05) is 29.8 Å². The van der Waals surface area contributed by atoms with Crippen LogP contribution >= 0.6 is 0 Å². The van der Waals surface area contributed by atoms with Gasteiger partial charge in [-0.25, -0.2) is 4.98 Å². The number of benzene rings is 3. The summed E-state index contributed by atoms with van der Waals surface area (Å²) in [6.45, 7) is 5.72. The first-order chi connectivity index (χ1) is 22.5. The van der Waals surface area contributed by atoms with E-state index in [1.165, 1.54) is 73.6 Å². The number of aromatic nitrogens is 1. The van der Waals surface area contributed by atoms with Crippen LogP contribution in [-0.2, 0) is 26.1 Å². The molecule has 1 aliphatic heterocycles. The number of fused-ring (bicyclic) bond motifs is 1. The minimum absolute atomic E-state index is 0. The fraction of sp³-hybridized carbons (Fsp3) is 0.439. The van der Waals surface area contributed by atoms with Crippen LogP contribution in [0.5, 0.6) is 23.1 Å². The molecule has 6 heteroatoms. The van der Waals surface area contributed by atoms with Crippen molar-refractivity contribution in [1.82, 2.24) is 4.98 Å². The maximum absolute atomic E-state index is 6.23. The number of hydrogen-bond acceptors (Lipinski definition) is 4. The number of hydrogen-bond donors (Lipinski definition) is 0. The monoisotopic (exact) mass is 698 g/mol. The van der Waals surface area contributed by atoms with Crippen LogP contribution in [0.3, 0.4) is 0 Å². The van der Waals surface area contributed by atoms with Crippen LogP contribution in [0.25, 0.3) is 0 Å². The number of ether oxygens (including phenoxy) is 3. The van der Waals surface area contributed by atoms with Crippen molar-refractivity contribution in [3.05, 3.63) is 113 Å². The minimum atomic E-state index is 0. The molecule has 1 aliphatic carbocycles. The van der Waals surface area contributed by atoms with Crippen LogP contribution in [0.2, 0.25) is 0 Å². The van der Waals surface area contributed by atoms with Gasteiger partial charge in [-0.3, -0.25) is 0 Å². The molecule has 4 aromatic rings. The van der Waals surface area contributed by atoms with Gasteiger partial charge in [-0.2, -0.15) is 0 Å². The van der Waals surface area contributed by atoms with Crippen LogP contribution in [0.1, 0.15) is 92.0 Å². The van der Waals surface area contributed by atoms with Crippen LogP contribution in [-0.4, -0.2) is 30.2 Å². The molecule has 1 unspecified atom stereocenters. The van der Waals surface area contributed by atoms with Crippen molar-refractivity contribution < 1.29 is 35.7 Å². The molecule has 47 heavy (non-hydrogen) atoms. The molecule has 0 amide bonds. The maximum atomic E-state index is 6.23. The molecular formula is C41H51BrN2O3. The van der Waals surface area contributed by atoms with Gasteiger partial charge >= 0.3 is 0 Å². The third-order valence-electron chi connectivity index (χ3n) is 10.2. The smallest absolute Gasteiger partial charge is 0.219 e. The van der Waals surface area contributed by atoms with E-state index in [1.807, 2.05) is 30.5 Å². The van der Waals surface area contributed by atoms with Crippen LogP contribution < -0.4 is 31.2 Å². The van der Waals surface area contributed by atoms with Crippen molar-refractivity contribution in [2.75, 3.05) is 20.7 Å². The molecule has 3 aromatic carbocycles. The number of quaternary nitrogens is 1. The van der Waals surface area contributed by atoms with E-state index < -0.39 is 0 Å². The Morgan fingerprint density at radius 3 is 2.30 bits per heavy atom. The number of likely N-dealkylation sites (N-methyl/N-ethyl adjacent to an activating group) is 1. The Morgan fingerprint density at radius 1 is 0.830 bits per heavy atom. The maximum Gasteiger partial charge on any atom is 0.219 e. The third kappa shape index (κ3) is 9.39. The number of unbranched alkanes of at least 4 members (excludes halogenated alkanes) is 2. The zero-order valence-corrected chi connectivity index (χ0v) is 30.0. The van der Waals surface area contributed by atoms with Gasteiger partial charge < -0.3 is 35.7 Å². The predicted molar refractivity (Wildman–Crippen MR) is 186 cm³/mol. The lowest BCUT2D eigenvalue weighted by Crippen LogP contribution is -3.00. The number of nitrogens with zero attached hydrogens (tertiary/aromatic N) is 2. The average molecular weight is 700 g/mol. The molecule has 0 saturated heterocycles. The van der Waals surface area contributed by atoms with E-state index in [1.54, 1.807) is 7.11 Å². The highest BCUT2D eigenvalue weighted by Crippen LogP contribution is 2.39. The zero-order valence-electron chi connectivity index (χ0n) is 28.4. The quantitative estimate of drug-likeness (QED) is 0.111. The highest BCUT2D eigenvalue weighted by molar-refractivity contribution is 5.48. The Bertz CT molecular complexity index is 1540. The van der Waals surface area contributed by atoms with Crippen molar-refractivity contribution >= 4 is 0 Å². The van der Waals surface area contributed by atoms with Crippen molar-refractivity contribution in [3.8, 4) is 23.1 Å². The summed E-state index contributed by atoms with van der Waals surface area (Å²) < 4.78 is 19.0. The van der Waals surface area contributed by atoms with Crippen LogP contribution in [0, 0.1) is 5.92 Å². The summed E-state index contributed by atoms with van der Waals surface area (Å²) in [5.41, 5.74) is 6.49. The van der Waals surface area contributed by atoms with Crippen molar-refractivity contribution in [2.24, 2.45) is 5.92 Å². The lowest BCUT2D eigenvalue weighted by atomic mass is 9.77. The van der Waals surface area contributed by atoms with Crippen molar-refractivity contribution in [1.29, 1.82) is 0 Å². The molecule has 1 fully saturated rings. The standard InChI is InChI=1S/C41H51N2O3.BrH/c1-4-5-7-10-31-13-16-34(17-14-31)35-18-20-38(21-19-35)46-41-22-15-33(27-42-41)28-43(2)24-23-36-25-39(44-3)40(26-37(36)29-43)45-30-32-11-8-6-9-12-32;/h6,8-9,11-12,15,18-22,25-27,31,34H,4-5,7,10,13-14,16-17,23-24,28-30H2,1-3H3;1H/q+1;/p-1. The first kappa shape index (κ1) is 35.0. The number of methoxy groups -OCH3 is 1. The number of pyridine rings is 1. The van der Waals surface area contributed by atoms with Gasteiger partial charge in [0.2, 0.25) is 5.88 Å². The van der Waals surface area contributed by atoms with E-state index in [2.05, 4.69) is 73.6 Å². The molecule has 6 rings (SSSR count). The molecule has 5 nitrogen and oxygen atoms in total. The van der Waals surface area contributed by atoms with Crippen molar-refractivity contribution in [3.63, 3.8) is 0 Å². The normalized spacial score (nSPS) is 20.5. The first-order valence-corrected chi connectivity index (χ1v) is 17.4. The largest absolute Gasteiger partial charge is 1.00 e. The molecule has 2 heterocycles. The van der Waals surface area contributed by atoms with Gasteiger partial charge in [-0.05, 0) is 84.5 Å². The number of halogens is 1. The fourth-order valence-corrected chi connectivity index (χ4v) is 7.45. The summed E-state index contributed by atoms with van der Waals surface area (Å²) in [5, 5.41) is 0. The van der Waals surface area contributed by atoms with Gasteiger partial charge in [0.25, 0.3) is 0 Å². The van der Waals surface area contributed by atoms with E-state index in [9.17, 15) is 0 Å². The highest BCUT2D eigenvalue weighted by Gasteiger charge is 2.30. The molecule has 0 spiro atoms. The second kappa shape index (κ2) is 16.7. The van der Waals surface area contributed by atoms with E-state index in [-0.39, 0.29) is 17.0 Å². The van der Waals surface area contributed by atoms with E-state index in [0.29, 0.717) is 18.4 Å². The third-order valence-corrected chi connectivity index (χ3v) is 10.2. The van der Waals surface area contributed by atoms with Gasteiger partial charge in [-0.1, -0.05) is 75.1 Å². The Kier molecular flexibility index (Phi) is 12.4. The van der Waals surface area contributed by atoms with Crippen LogP contribution in [0.15, 0.2) is 85.1 Å². The first-order valence-electron chi connectivity index (χ1n) is 17.4. The lowest BCUT2D eigenvalue weighted by molar-refractivity contribution is -0.937. The Balaban J connectivity index is 0.00000433. The molecule has 1 aromatic heterocycles. The summed E-state index contributed by atoms with van der Waals surface area (Å²) in [5.74, 6) is 4.74. The van der Waals surface area contributed by atoms with Gasteiger partial charge in [0.05, 0.1) is 20.7 Å². The topological polar surface area (TPSA) is 40.6 Å². The molecule has 0 radical (unpaired) electrons. The highest BCUT2D eigenvalue weighted by atomic mass is 79.9. The molecule has 1 atom stereocenters. The SMILES string of the molecule is CCCCCC1CCC(c2ccc(Oc3ccc(C[N+]4(C)CCc5cc(OC)c(OCc6ccccc6)cc5C4)cn3)cc2)CC1.[Br-]. The summed E-state index contributed by atoms with van der Waals surface area (Å²) in [4.78, 5) is 4.69. The zero-order chi connectivity index (χ0) is 31.8. The Hall–Kier alpha value is -3.35. The van der Waals surface area contributed by atoms with Crippen LogP contribution in [0.4, 0.5) is 0 Å². The molecule has 0 bridgehead atoms. The van der Waals surface area contributed by atoms with Crippen molar-refractivity contribution in [2.45, 2.75) is 90.3 Å². The van der Waals surface area contributed by atoms with E-state index >= 15 is 0 Å². The second-order valence-electron chi connectivity index (χ2n) is 13.8. The Labute approximate surface area is 292 Å². The fourth-order valence-electron chi connectivity index (χ4n) is 7.45. The van der Waals surface area contributed by atoms with E-state index in [4.69, 9.17) is 14.2 Å². The minimum Gasteiger partial charge on any atom is -1.00 e. The van der Waals surface area contributed by atoms with Gasteiger partial charge in [0.1, 0.15) is 25.4 Å². The Morgan fingerprint density at radius 2 is 1.60 bits per heavy atom. The van der Waals surface area contributed by atoms with Gasteiger partial charge in [-0.15, -0.1) is 0 Å². The summed E-state index contributed by atoms with van der Waals surface area (Å²) in [6.07, 6.45) is 13.9. The second-order valence-corrected chi connectivity index (χ2v) is 13.8. The van der Waals surface area contributed by atoms with E-state index in [0.717, 1.165) is 59.3 Å². The summed E-state index contributed by atoms with van der Waals surface area (Å²) in [7, 11) is 4.05. The molecule has 250 valence electrons. The molecular weight excluding hydrogens is 648 g/mol. The molecule has 1 saturated carbocycles. The molecule has 0 N–H and O–H groups in total. The predicted octanol–water partition coefficient (Wildman–Crippen LogP) is 7.02. The summed E-state index contributed by atoms with van der Waals surface area (Å²) >= 11 is 0. The lowest BCUT2D eigenvalue weighted by Gasteiger charge is -2.39. The molecule has 2 aliphatic rings. The summed E-state index contributed by atoms with van der Waals surface area (Å²) in [6, 6.07) is 27.5. The van der Waals surface area contributed by atoms with Gasteiger partial charge in [0.15, 0.2) is 11.5 Å².